The molecule has 1 heterocycles. The van der Waals surface area contributed by atoms with E-state index < -0.39 is 0 Å². The third kappa shape index (κ3) is 3.24. The zero-order chi connectivity index (χ0) is 12.2. The Labute approximate surface area is 96.4 Å². The van der Waals surface area contributed by atoms with Crippen molar-refractivity contribution in [1.29, 1.82) is 0 Å². The third-order valence-electron chi connectivity index (χ3n) is 2.27. The Morgan fingerprint density at radius 2 is 2.12 bits per heavy atom. The number of aromatic nitrogens is 4. The Bertz CT molecular complexity index is 317. The lowest BCUT2D eigenvalue weighted by Crippen LogP contribution is -2.31. The number of hydrogen-bond acceptors (Lipinski definition) is 5. The zero-order valence-electron chi connectivity index (χ0n) is 10.7. The third-order valence-corrected chi connectivity index (χ3v) is 2.27. The van der Waals surface area contributed by atoms with E-state index in [-0.39, 0.29) is 11.6 Å². The lowest BCUT2D eigenvalue weighted by atomic mass is 10.1. The molecule has 92 valence electrons. The van der Waals surface area contributed by atoms with E-state index in [2.05, 4.69) is 41.6 Å². The zero-order valence-corrected chi connectivity index (χ0v) is 10.7. The van der Waals surface area contributed by atoms with Crippen molar-refractivity contribution in [2.75, 3.05) is 20.3 Å². The summed E-state index contributed by atoms with van der Waals surface area (Å²) in [6.45, 7) is 9.75. The van der Waals surface area contributed by atoms with Crippen LogP contribution >= 0.6 is 0 Å². The normalized spacial score (nSPS) is 14.1. The molecule has 0 amide bonds. The molecule has 6 nitrogen and oxygen atoms in total. The highest BCUT2D eigenvalue weighted by Crippen LogP contribution is 2.17. The van der Waals surface area contributed by atoms with Crippen LogP contribution in [0.3, 0.4) is 0 Å². The fourth-order valence-corrected chi connectivity index (χ4v) is 1.41. The predicted octanol–water partition coefficient (Wildman–Crippen LogP) is 0.725. The summed E-state index contributed by atoms with van der Waals surface area (Å²) in [6, 6.07) is 0.115. The van der Waals surface area contributed by atoms with Gasteiger partial charge in [0.2, 0.25) is 0 Å². The number of rotatable bonds is 5. The lowest BCUT2D eigenvalue weighted by molar-refractivity contribution is 0.195. The number of nitrogens with one attached hydrogen (secondary N) is 1. The Balaban J connectivity index is 2.68. The second kappa shape index (κ2) is 5.36. The van der Waals surface area contributed by atoms with Crippen LogP contribution < -0.4 is 5.32 Å². The van der Waals surface area contributed by atoms with Crippen molar-refractivity contribution < 1.29 is 4.74 Å². The largest absolute Gasteiger partial charge is 0.383 e. The van der Waals surface area contributed by atoms with Gasteiger partial charge in [-0.3, -0.25) is 0 Å². The van der Waals surface area contributed by atoms with Gasteiger partial charge < -0.3 is 10.1 Å². The van der Waals surface area contributed by atoms with Crippen molar-refractivity contribution in [3.63, 3.8) is 0 Å². The SMILES string of the molecule is COCCNC(C)c1nnnn1C(C)(C)C. The first-order valence-electron chi connectivity index (χ1n) is 5.48. The first-order valence-corrected chi connectivity index (χ1v) is 5.48. The summed E-state index contributed by atoms with van der Waals surface area (Å²) in [7, 11) is 1.69. The Morgan fingerprint density at radius 1 is 1.44 bits per heavy atom. The van der Waals surface area contributed by atoms with Crippen molar-refractivity contribution >= 4 is 0 Å². The molecule has 0 radical (unpaired) electrons. The average Bonchev–Trinajstić information content (AvgIpc) is 2.65. The van der Waals surface area contributed by atoms with E-state index in [0.717, 1.165) is 12.4 Å². The van der Waals surface area contributed by atoms with Crippen LogP contribution in [0.1, 0.15) is 39.6 Å². The van der Waals surface area contributed by atoms with Crippen molar-refractivity contribution in [2.24, 2.45) is 0 Å². The standard InChI is InChI=1S/C10H21N5O/c1-8(11-6-7-16-5)9-12-13-14-15(9)10(2,3)4/h8,11H,6-7H2,1-5H3. The van der Waals surface area contributed by atoms with E-state index in [1.54, 1.807) is 7.11 Å². The van der Waals surface area contributed by atoms with E-state index >= 15 is 0 Å². The van der Waals surface area contributed by atoms with Gasteiger partial charge in [0.05, 0.1) is 18.2 Å². The average molecular weight is 227 g/mol. The van der Waals surface area contributed by atoms with Crippen molar-refractivity contribution in [3.8, 4) is 0 Å². The maximum Gasteiger partial charge on any atom is 0.168 e. The van der Waals surface area contributed by atoms with Crippen LogP contribution in [0.5, 0.6) is 0 Å². The molecule has 0 saturated heterocycles. The molecule has 0 aliphatic rings. The van der Waals surface area contributed by atoms with Gasteiger partial charge in [-0.25, -0.2) is 4.68 Å². The summed E-state index contributed by atoms with van der Waals surface area (Å²) >= 11 is 0. The molecule has 1 unspecified atom stereocenters. The summed E-state index contributed by atoms with van der Waals surface area (Å²) in [5, 5.41) is 15.1. The van der Waals surface area contributed by atoms with Crippen molar-refractivity contribution in [1.82, 2.24) is 25.5 Å². The topological polar surface area (TPSA) is 64.9 Å². The highest BCUT2D eigenvalue weighted by Gasteiger charge is 2.22. The van der Waals surface area contributed by atoms with Gasteiger partial charge in [0.1, 0.15) is 0 Å². The van der Waals surface area contributed by atoms with Crippen LogP contribution in [-0.4, -0.2) is 40.5 Å². The van der Waals surface area contributed by atoms with Gasteiger partial charge in [0, 0.05) is 13.7 Å². The van der Waals surface area contributed by atoms with E-state index in [1.165, 1.54) is 0 Å². The van der Waals surface area contributed by atoms with Gasteiger partial charge in [0.25, 0.3) is 0 Å². The molecule has 0 aliphatic carbocycles. The van der Waals surface area contributed by atoms with Crippen LogP contribution in [0.25, 0.3) is 0 Å². The second-order valence-corrected chi connectivity index (χ2v) is 4.79. The molecule has 0 aromatic carbocycles. The minimum absolute atomic E-state index is 0.101. The van der Waals surface area contributed by atoms with Crippen LogP contribution in [0.2, 0.25) is 0 Å². The van der Waals surface area contributed by atoms with Crippen molar-refractivity contribution in [3.05, 3.63) is 5.82 Å². The summed E-state index contributed by atoms with van der Waals surface area (Å²) in [5.41, 5.74) is -0.101. The fourth-order valence-electron chi connectivity index (χ4n) is 1.41. The van der Waals surface area contributed by atoms with Crippen LogP contribution in [0.4, 0.5) is 0 Å². The molecule has 0 spiro atoms. The van der Waals surface area contributed by atoms with Gasteiger partial charge in [-0.1, -0.05) is 0 Å². The Morgan fingerprint density at radius 3 is 2.69 bits per heavy atom. The van der Waals surface area contributed by atoms with Gasteiger partial charge in [-0.2, -0.15) is 0 Å². The summed E-state index contributed by atoms with van der Waals surface area (Å²) in [5.74, 6) is 0.851. The molecule has 1 rings (SSSR count). The minimum Gasteiger partial charge on any atom is -0.383 e. The molecule has 0 bridgehead atoms. The number of hydrogen-bond donors (Lipinski definition) is 1. The number of methoxy groups -OCH3 is 1. The smallest absolute Gasteiger partial charge is 0.168 e. The molecule has 1 atom stereocenters. The number of nitrogens with zero attached hydrogens (tertiary/aromatic N) is 4. The van der Waals surface area contributed by atoms with E-state index in [4.69, 9.17) is 4.74 Å². The first-order chi connectivity index (χ1) is 7.46. The number of tetrazole rings is 1. The van der Waals surface area contributed by atoms with E-state index in [1.807, 2.05) is 11.6 Å². The lowest BCUT2D eigenvalue weighted by Gasteiger charge is -2.22. The summed E-state index contributed by atoms with van der Waals surface area (Å²) in [4.78, 5) is 0. The summed E-state index contributed by atoms with van der Waals surface area (Å²) < 4.78 is 6.83. The molecule has 0 saturated carbocycles. The molecular formula is C10H21N5O. The van der Waals surface area contributed by atoms with Crippen molar-refractivity contribution in [2.45, 2.75) is 39.3 Å². The molecule has 6 heteroatoms. The van der Waals surface area contributed by atoms with E-state index in [9.17, 15) is 0 Å². The Kier molecular flexibility index (Phi) is 4.37. The number of ether oxygens (including phenoxy) is 1. The second-order valence-electron chi connectivity index (χ2n) is 4.79. The maximum atomic E-state index is 4.99. The van der Waals surface area contributed by atoms with Gasteiger partial charge >= 0.3 is 0 Å². The fraction of sp³-hybridized carbons (Fsp3) is 0.900. The molecule has 1 N–H and O–H groups in total. The van der Waals surface area contributed by atoms with Gasteiger partial charge in [-0.05, 0) is 38.1 Å². The highest BCUT2D eigenvalue weighted by molar-refractivity contribution is 4.93. The van der Waals surface area contributed by atoms with Crippen LogP contribution in [0, 0.1) is 0 Å². The quantitative estimate of drug-likeness (QED) is 0.751. The van der Waals surface area contributed by atoms with Gasteiger partial charge in [-0.15, -0.1) is 5.10 Å². The van der Waals surface area contributed by atoms with Crippen LogP contribution in [-0.2, 0) is 10.3 Å². The van der Waals surface area contributed by atoms with Crippen LogP contribution in [0.15, 0.2) is 0 Å². The molecule has 0 fully saturated rings. The van der Waals surface area contributed by atoms with E-state index in [0.29, 0.717) is 6.61 Å². The molecule has 16 heavy (non-hydrogen) atoms. The highest BCUT2D eigenvalue weighted by atomic mass is 16.5. The monoisotopic (exact) mass is 227 g/mol. The Hall–Kier alpha value is -1.01. The summed E-state index contributed by atoms with van der Waals surface area (Å²) in [6.07, 6.45) is 0. The molecule has 0 aliphatic heterocycles. The predicted molar refractivity (Wildman–Crippen MR) is 61.1 cm³/mol. The maximum absolute atomic E-state index is 4.99. The molecule has 1 aromatic heterocycles. The minimum atomic E-state index is -0.101. The molecular weight excluding hydrogens is 206 g/mol. The molecule has 1 aromatic rings. The first kappa shape index (κ1) is 13.1. The van der Waals surface area contributed by atoms with Gasteiger partial charge in [0.15, 0.2) is 5.82 Å².